The lowest BCUT2D eigenvalue weighted by Crippen LogP contribution is -2.15. The Hall–Kier alpha value is -1.35. The first kappa shape index (κ1) is 11.7. The number of hydrogen-bond acceptors (Lipinski definition) is 2. The molecule has 3 heteroatoms. The molecule has 0 fully saturated rings. The first-order valence-corrected chi connectivity index (χ1v) is 5.19. The van der Waals surface area contributed by atoms with E-state index >= 15 is 0 Å². The predicted octanol–water partition coefficient (Wildman–Crippen LogP) is 1.55. The normalized spacial score (nSPS) is 12.4. The zero-order valence-corrected chi connectivity index (χ0v) is 8.94. The van der Waals surface area contributed by atoms with E-state index < -0.39 is 6.10 Å². The van der Waals surface area contributed by atoms with E-state index in [1.165, 1.54) is 0 Å². The fourth-order valence-electron chi connectivity index (χ4n) is 1.64. The summed E-state index contributed by atoms with van der Waals surface area (Å²) in [5.74, 6) is -0.369. The van der Waals surface area contributed by atoms with Crippen LogP contribution in [0.2, 0.25) is 0 Å². The second kappa shape index (κ2) is 5.51. The van der Waals surface area contributed by atoms with Gasteiger partial charge in [0.05, 0.1) is 12.5 Å². The highest BCUT2D eigenvalue weighted by molar-refractivity contribution is 5.77. The van der Waals surface area contributed by atoms with Gasteiger partial charge in [0.15, 0.2) is 0 Å². The van der Waals surface area contributed by atoms with E-state index in [0.29, 0.717) is 6.42 Å². The van der Waals surface area contributed by atoms with E-state index in [9.17, 15) is 9.90 Å². The number of amides is 1. The van der Waals surface area contributed by atoms with Gasteiger partial charge in [-0.05, 0) is 17.5 Å². The Morgan fingerprint density at radius 2 is 2.13 bits per heavy atom. The zero-order chi connectivity index (χ0) is 11.3. The summed E-state index contributed by atoms with van der Waals surface area (Å²) < 4.78 is 0. The van der Waals surface area contributed by atoms with Crippen LogP contribution in [0.25, 0.3) is 0 Å². The van der Waals surface area contributed by atoms with Crippen LogP contribution < -0.4 is 5.73 Å². The lowest BCUT2D eigenvalue weighted by molar-refractivity contribution is -0.117. The average Bonchev–Trinajstić information content (AvgIpc) is 2.18. The third kappa shape index (κ3) is 3.36. The van der Waals surface area contributed by atoms with Crippen LogP contribution in [0.3, 0.4) is 0 Å². The molecule has 0 bridgehead atoms. The molecule has 0 saturated carbocycles. The predicted molar refractivity (Wildman–Crippen MR) is 59.2 cm³/mol. The fraction of sp³-hybridized carbons (Fsp3) is 0.417. The Morgan fingerprint density at radius 3 is 2.73 bits per heavy atom. The highest BCUT2D eigenvalue weighted by Crippen LogP contribution is 2.22. The monoisotopic (exact) mass is 207 g/mol. The van der Waals surface area contributed by atoms with Crippen LogP contribution in [0.1, 0.15) is 37.0 Å². The third-order valence-corrected chi connectivity index (χ3v) is 2.34. The molecule has 0 saturated heterocycles. The Bertz CT molecular complexity index is 336. The molecule has 1 aromatic rings. The van der Waals surface area contributed by atoms with Crippen molar-refractivity contribution in [2.24, 2.45) is 5.73 Å². The summed E-state index contributed by atoms with van der Waals surface area (Å²) in [4.78, 5) is 10.8. The van der Waals surface area contributed by atoms with Gasteiger partial charge in [-0.25, -0.2) is 0 Å². The summed E-state index contributed by atoms with van der Waals surface area (Å²) in [6, 6.07) is 7.39. The Kier molecular flexibility index (Phi) is 4.31. The Morgan fingerprint density at radius 1 is 1.47 bits per heavy atom. The molecule has 0 heterocycles. The Labute approximate surface area is 89.9 Å². The highest BCUT2D eigenvalue weighted by atomic mass is 16.3. The molecule has 15 heavy (non-hydrogen) atoms. The van der Waals surface area contributed by atoms with E-state index in [2.05, 4.69) is 0 Å². The van der Waals surface area contributed by atoms with Crippen molar-refractivity contribution >= 4 is 5.91 Å². The fourth-order valence-corrected chi connectivity index (χ4v) is 1.64. The number of carbonyl (C=O) groups is 1. The summed E-state index contributed by atoms with van der Waals surface area (Å²) in [6.45, 7) is 2.01. The van der Waals surface area contributed by atoms with E-state index in [1.54, 1.807) is 0 Å². The van der Waals surface area contributed by atoms with Gasteiger partial charge in [0.1, 0.15) is 0 Å². The molecular weight excluding hydrogens is 190 g/mol. The van der Waals surface area contributed by atoms with Crippen molar-refractivity contribution < 1.29 is 9.90 Å². The van der Waals surface area contributed by atoms with Gasteiger partial charge in [-0.2, -0.15) is 0 Å². The van der Waals surface area contributed by atoms with E-state index in [-0.39, 0.29) is 12.3 Å². The van der Waals surface area contributed by atoms with Gasteiger partial charge in [0, 0.05) is 0 Å². The van der Waals surface area contributed by atoms with Crippen LogP contribution in [-0.2, 0) is 11.2 Å². The quantitative estimate of drug-likeness (QED) is 0.769. The number of hydrogen-bond donors (Lipinski definition) is 2. The molecule has 0 radical (unpaired) electrons. The van der Waals surface area contributed by atoms with Gasteiger partial charge >= 0.3 is 0 Å². The molecule has 1 amide bonds. The molecule has 1 aromatic carbocycles. The SMILES string of the molecule is CCCC(O)c1ccccc1CC(N)=O. The molecule has 0 aliphatic heterocycles. The number of aliphatic hydroxyl groups is 1. The first-order valence-electron chi connectivity index (χ1n) is 5.19. The number of nitrogens with two attached hydrogens (primary N) is 1. The number of benzene rings is 1. The number of rotatable bonds is 5. The minimum absolute atomic E-state index is 0.191. The molecule has 0 aliphatic rings. The maximum Gasteiger partial charge on any atom is 0.221 e. The number of carbonyl (C=O) groups excluding carboxylic acids is 1. The number of primary amides is 1. The van der Waals surface area contributed by atoms with E-state index in [0.717, 1.165) is 17.5 Å². The summed E-state index contributed by atoms with van der Waals surface area (Å²) >= 11 is 0. The molecule has 0 spiro atoms. The van der Waals surface area contributed by atoms with Gasteiger partial charge in [-0.3, -0.25) is 4.79 Å². The van der Waals surface area contributed by atoms with Crippen LogP contribution in [-0.4, -0.2) is 11.0 Å². The molecule has 82 valence electrons. The maximum atomic E-state index is 10.8. The summed E-state index contributed by atoms with van der Waals surface area (Å²) in [5.41, 5.74) is 6.79. The van der Waals surface area contributed by atoms with Gasteiger partial charge in [-0.1, -0.05) is 37.6 Å². The van der Waals surface area contributed by atoms with E-state index in [1.807, 2.05) is 31.2 Å². The lowest BCUT2D eigenvalue weighted by atomic mass is 9.97. The molecule has 3 nitrogen and oxygen atoms in total. The molecule has 1 atom stereocenters. The molecule has 0 aromatic heterocycles. The minimum atomic E-state index is -0.495. The van der Waals surface area contributed by atoms with Crippen LogP contribution in [0.4, 0.5) is 0 Å². The van der Waals surface area contributed by atoms with Crippen molar-refractivity contribution in [1.82, 2.24) is 0 Å². The molecular formula is C12H17NO2. The number of aliphatic hydroxyl groups excluding tert-OH is 1. The van der Waals surface area contributed by atoms with Crippen LogP contribution >= 0.6 is 0 Å². The van der Waals surface area contributed by atoms with Gasteiger partial charge < -0.3 is 10.8 Å². The molecule has 0 aliphatic carbocycles. The molecule has 1 rings (SSSR count). The summed E-state index contributed by atoms with van der Waals surface area (Å²) in [6.07, 6.45) is 1.31. The van der Waals surface area contributed by atoms with Crippen molar-refractivity contribution in [3.05, 3.63) is 35.4 Å². The van der Waals surface area contributed by atoms with Crippen molar-refractivity contribution in [2.75, 3.05) is 0 Å². The highest BCUT2D eigenvalue weighted by Gasteiger charge is 2.11. The van der Waals surface area contributed by atoms with E-state index in [4.69, 9.17) is 5.73 Å². The van der Waals surface area contributed by atoms with Gasteiger partial charge in [0.25, 0.3) is 0 Å². The second-order valence-corrected chi connectivity index (χ2v) is 3.65. The summed E-state index contributed by atoms with van der Waals surface area (Å²) in [5, 5.41) is 9.86. The lowest BCUT2D eigenvalue weighted by Gasteiger charge is -2.13. The molecule has 1 unspecified atom stereocenters. The summed E-state index contributed by atoms with van der Waals surface area (Å²) in [7, 11) is 0. The van der Waals surface area contributed by atoms with Crippen LogP contribution in [0, 0.1) is 0 Å². The van der Waals surface area contributed by atoms with Crippen LogP contribution in [0.5, 0.6) is 0 Å². The molecule has 3 N–H and O–H groups in total. The van der Waals surface area contributed by atoms with Crippen molar-refractivity contribution in [3.63, 3.8) is 0 Å². The van der Waals surface area contributed by atoms with Crippen molar-refractivity contribution in [1.29, 1.82) is 0 Å². The minimum Gasteiger partial charge on any atom is -0.388 e. The van der Waals surface area contributed by atoms with Crippen LogP contribution in [0.15, 0.2) is 24.3 Å². The zero-order valence-electron chi connectivity index (χ0n) is 8.94. The smallest absolute Gasteiger partial charge is 0.221 e. The Balaban J connectivity index is 2.89. The van der Waals surface area contributed by atoms with Crippen molar-refractivity contribution in [2.45, 2.75) is 32.3 Å². The topological polar surface area (TPSA) is 63.3 Å². The van der Waals surface area contributed by atoms with Gasteiger partial charge in [0.2, 0.25) is 5.91 Å². The largest absolute Gasteiger partial charge is 0.388 e. The third-order valence-electron chi connectivity index (χ3n) is 2.34. The first-order chi connectivity index (χ1) is 7.15. The van der Waals surface area contributed by atoms with Crippen molar-refractivity contribution in [3.8, 4) is 0 Å². The van der Waals surface area contributed by atoms with Gasteiger partial charge in [-0.15, -0.1) is 0 Å². The average molecular weight is 207 g/mol. The maximum absolute atomic E-state index is 10.8. The standard InChI is InChI=1S/C12H17NO2/c1-2-5-11(14)10-7-4-3-6-9(10)8-12(13)15/h3-4,6-7,11,14H,2,5,8H2,1H3,(H2,13,15). The second-order valence-electron chi connectivity index (χ2n) is 3.65.